The lowest BCUT2D eigenvalue weighted by atomic mass is 9.94. The third kappa shape index (κ3) is 3.30. The highest BCUT2D eigenvalue weighted by Gasteiger charge is 2.31. The molecule has 21 heavy (non-hydrogen) atoms. The number of hydrogen-bond donors (Lipinski definition) is 2. The van der Waals surface area contributed by atoms with Crippen LogP contribution in [0.2, 0.25) is 0 Å². The van der Waals surface area contributed by atoms with Crippen molar-refractivity contribution < 1.29 is 13.2 Å². The number of piperidine rings is 1. The van der Waals surface area contributed by atoms with E-state index in [2.05, 4.69) is 16.5 Å². The first-order valence-corrected chi connectivity index (χ1v) is 8.43. The number of ether oxygens (including phenoxy) is 1. The summed E-state index contributed by atoms with van der Waals surface area (Å²) >= 11 is 0. The summed E-state index contributed by atoms with van der Waals surface area (Å²) in [5, 5.41) is 0. The van der Waals surface area contributed by atoms with E-state index in [0.29, 0.717) is 12.2 Å². The molecule has 1 fully saturated rings. The number of nitrogens with two attached hydrogens (primary N) is 1. The van der Waals surface area contributed by atoms with E-state index in [9.17, 15) is 8.42 Å². The first-order valence-electron chi connectivity index (χ1n) is 6.94. The minimum absolute atomic E-state index is 0.221. The topological polar surface area (TPSA) is 84.7 Å². The highest BCUT2D eigenvalue weighted by atomic mass is 32.2. The zero-order valence-corrected chi connectivity index (χ0v) is 13.5. The second kappa shape index (κ2) is 5.82. The Morgan fingerprint density at radius 3 is 2.76 bits per heavy atom. The molecule has 6 nitrogen and oxygen atoms in total. The third-order valence-corrected chi connectivity index (χ3v) is 5.49. The number of benzene rings is 1. The number of nitrogens with zero attached hydrogens (tertiary/aromatic N) is 1. The smallest absolute Gasteiger partial charge is 0.240 e. The number of nitrogens with one attached hydrogen (secondary N) is 1. The molecular formula is C14H23N3O3S. The number of sulfonamides is 1. The number of hydrogen-bond acceptors (Lipinski definition) is 5. The molecule has 1 aromatic rings. The molecule has 2 rings (SSSR count). The van der Waals surface area contributed by atoms with Gasteiger partial charge in [-0.05, 0) is 45.0 Å². The monoisotopic (exact) mass is 313 g/mol. The normalized spacial score (nSPS) is 23.3. The summed E-state index contributed by atoms with van der Waals surface area (Å²) in [7, 11) is -0.374. The Kier molecular flexibility index (Phi) is 4.46. The van der Waals surface area contributed by atoms with Gasteiger partial charge in [0, 0.05) is 20.2 Å². The summed E-state index contributed by atoms with van der Waals surface area (Å²) < 4.78 is 31.8. The van der Waals surface area contributed by atoms with Gasteiger partial charge in [0.2, 0.25) is 10.0 Å². The highest BCUT2D eigenvalue weighted by Crippen LogP contribution is 2.32. The Morgan fingerprint density at radius 2 is 2.14 bits per heavy atom. The van der Waals surface area contributed by atoms with Crippen LogP contribution < -0.4 is 15.4 Å². The average molecular weight is 313 g/mol. The Morgan fingerprint density at radius 1 is 1.43 bits per heavy atom. The van der Waals surface area contributed by atoms with Crippen LogP contribution in [0.1, 0.15) is 19.8 Å². The van der Waals surface area contributed by atoms with Gasteiger partial charge in [-0.2, -0.15) is 0 Å². The maximum absolute atomic E-state index is 11.9. The summed E-state index contributed by atoms with van der Waals surface area (Å²) in [6.45, 7) is 3.59. The Balaban J connectivity index is 2.37. The van der Waals surface area contributed by atoms with E-state index in [0.717, 1.165) is 25.1 Å². The SMILES string of the molecule is CNS(=O)(=O)c1ccc(N)c(N2CCCC(C)(OC)C2)c1. The lowest BCUT2D eigenvalue weighted by molar-refractivity contribution is -0.00462. The fourth-order valence-corrected chi connectivity index (χ4v) is 3.41. The second-order valence-electron chi connectivity index (χ2n) is 5.61. The van der Waals surface area contributed by atoms with Crippen LogP contribution >= 0.6 is 0 Å². The van der Waals surface area contributed by atoms with E-state index in [1.807, 2.05) is 0 Å². The fraction of sp³-hybridized carbons (Fsp3) is 0.571. The number of anilines is 2. The maximum Gasteiger partial charge on any atom is 0.240 e. The molecule has 0 radical (unpaired) electrons. The van der Waals surface area contributed by atoms with Crippen molar-refractivity contribution in [2.75, 3.05) is 37.9 Å². The van der Waals surface area contributed by atoms with Crippen molar-refractivity contribution in [2.24, 2.45) is 0 Å². The molecule has 0 bridgehead atoms. The summed E-state index contributed by atoms with van der Waals surface area (Å²) in [4.78, 5) is 2.32. The highest BCUT2D eigenvalue weighted by molar-refractivity contribution is 7.89. The molecular weight excluding hydrogens is 290 g/mol. The molecule has 1 saturated heterocycles. The lowest BCUT2D eigenvalue weighted by Gasteiger charge is -2.41. The van der Waals surface area contributed by atoms with Gasteiger partial charge >= 0.3 is 0 Å². The van der Waals surface area contributed by atoms with Gasteiger partial charge < -0.3 is 15.4 Å². The van der Waals surface area contributed by atoms with Crippen molar-refractivity contribution in [1.82, 2.24) is 4.72 Å². The minimum atomic E-state index is -3.47. The lowest BCUT2D eigenvalue weighted by Crippen LogP contribution is -2.47. The van der Waals surface area contributed by atoms with Gasteiger partial charge in [0.1, 0.15) is 0 Å². The Labute approximate surface area is 126 Å². The van der Waals surface area contributed by atoms with Crippen LogP contribution in [0.5, 0.6) is 0 Å². The number of rotatable bonds is 4. The van der Waals surface area contributed by atoms with E-state index >= 15 is 0 Å². The molecule has 118 valence electrons. The Hall–Kier alpha value is -1.31. The van der Waals surface area contributed by atoms with Crippen LogP contribution in [0, 0.1) is 0 Å². The Bertz CT molecular complexity index is 618. The van der Waals surface area contributed by atoms with E-state index in [1.54, 1.807) is 19.2 Å². The summed E-state index contributed by atoms with van der Waals surface area (Å²) in [5.74, 6) is 0. The fourth-order valence-electron chi connectivity index (χ4n) is 2.66. The van der Waals surface area contributed by atoms with Crippen molar-refractivity contribution in [1.29, 1.82) is 0 Å². The molecule has 1 atom stereocenters. The van der Waals surface area contributed by atoms with Gasteiger partial charge in [0.25, 0.3) is 0 Å². The minimum Gasteiger partial charge on any atom is -0.397 e. The van der Waals surface area contributed by atoms with Crippen LogP contribution in [0.4, 0.5) is 11.4 Å². The van der Waals surface area contributed by atoms with Crippen LogP contribution in [0.15, 0.2) is 23.1 Å². The average Bonchev–Trinajstić information content (AvgIpc) is 2.47. The summed E-state index contributed by atoms with van der Waals surface area (Å²) in [6, 6.07) is 4.78. The van der Waals surface area contributed by atoms with Gasteiger partial charge in [-0.25, -0.2) is 13.1 Å². The second-order valence-corrected chi connectivity index (χ2v) is 7.49. The van der Waals surface area contributed by atoms with Crippen molar-refractivity contribution in [3.63, 3.8) is 0 Å². The summed E-state index contributed by atoms with van der Waals surface area (Å²) in [5.41, 5.74) is 7.12. The largest absolute Gasteiger partial charge is 0.397 e. The molecule has 0 spiro atoms. The van der Waals surface area contributed by atoms with Crippen LogP contribution in [0.3, 0.4) is 0 Å². The summed E-state index contributed by atoms with van der Waals surface area (Å²) in [6.07, 6.45) is 1.96. The number of methoxy groups -OCH3 is 1. The molecule has 3 N–H and O–H groups in total. The van der Waals surface area contributed by atoms with Crippen molar-refractivity contribution in [3.05, 3.63) is 18.2 Å². The molecule has 1 aliphatic rings. The van der Waals surface area contributed by atoms with E-state index in [4.69, 9.17) is 10.5 Å². The van der Waals surface area contributed by atoms with Crippen LogP contribution in [0.25, 0.3) is 0 Å². The van der Waals surface area contributed by atoms with Gasteiger partial charge in [-0.1, -0.05) is 0 Å². The van der Waals surface area contributed by atoms with Crippen molar-refractivity contribution in [3.8, 4) is 0 Å². The van der Waals surface area contributed by atoms with Crippen LogP contribution in [-0.2, 0) is 14.8 Å². The molecule has 1 heterocycles. The molecule has 1 aliphatic heterocycles. The molecule has 7 heteroatoms. The first-order chi connectivity index (χ1) is 9.81. The van der Waals surface area contributed by atoms with E-state index < -0.39 is 10.0 Å². The zero-order chi connectivity index (χ0) is 15.7. The maximum atomic E-state index is 11.9. The first kappa shape index (κ1) is 16.1. The molecule has 0 aromatic heterocycles. The predicted molar refractivity (Wildman–Crippen MR) is 84.0 cm³/mol. The third-order valence-electron chi connectivity index (χ3n) is 4.07. The van der Waals surface area contributed by atoms with E-state index in [-0.39, 0.29) is 10.5 Å². The van der Waals surface area contributed by atoms with Gasteiger partial charge in [-0.15, -0.1) is 0 Å². The molecule has 0 saturated carbocycles. The predicted octanol–water partition coefficient (Wildman–Crippen LogP) is 1.18. The van der Waals surface area contributed by atoms with Crippen molar-refractivity contribution >= 4 is 21.4 Å². The number of nitrogen functional groups attached to an aromatic ring is 1. The molecule has 0 aliphatic carbocycles. The van der Waals surface area contributed by atoms with Crippen molar-refractivity contribution in [2.45, 2.75) is 30.3 Å². The van der Waals surface area contributed by atoms with Gasteiger partial charge in [-0.3, -0.25) is 0 Å². The standard InChI is InChI=1S/C14H23N3O3S/c1-14(20-3)7-4-8-17(10-14)13-9-11(5-6-12(13)15)21(18,19)16-2/h5-6,9,16H,4,7-8,10,15H2,1-3H3. The quantitative estimate of drug-likeness (QED) is 0.816. The zero-order valence-electron chi connectivity index (χ0n) is 12.7. The van der Waals surface area contributed by atoms with Crippen LogP contribution in [-0.4, -0.2) is 41.3 Å². The van der Waals surface area contributed by atoms with Gasteiger partial charge in [0.05, 0.1) is 21.9 Å². The molecule has 1 unspecified atom stereocenters. The van der Waals surface area contributed by atoms with E-state index in [1.165, 1.54) is 13.1 Å². The van der Waals surface area contributed by atoms with Gasteiger partial charge in [0.15, 0.2) is 0 Å². The molecule has 0 amide bonds. The molecule has 1 aromatic carbocycles.